The first-order valence-corrected chi connectivity index (χ1v) is 9.85. The zero-order valence-corrected chi connectivity index (χ0v) is 17.3. The van der Waals surface area contributed by atoms with Gasteiger partial charge in [-0.1, -0.05) is 6.07 Å². The summed E-state index contributed by atoms with van der Waals surface area (Å²) in [6.07, 6.45) is 2.67. The van der Waals surface area contributed by atoms with E-state index >= 15 is 0 Å². The highest BCUT2D eigenvalue weighted by atomic mass is 32.1. The van der Waals surface area contributed by atoms with Crippen LogP contribution in [0.5, 0.6) is 0 Å². The maximum Gasteiger partial charge on any atom is 0.281 e. The van der Waals surface area contributed by atoms with Crippen LogP contribution in [0.1, 0.15) is 26.6 Å². The van der Waals surface area contributed by atoms with Gasteiger partial charge in [-0.25, -0.2) is 15.4 Å². The van der Waals surface area contributed by atoms with Gasteiger partial charge in [-0.15, -0.1) is 11.3 Å². The van der Waals surface area contributed by atoms with E-state index in [-0.39, 0.29) is 5.69 Å². The van der Waals surface area contributed by atoms with E-state index in [1.54, 1.807) is 38.1 Å². The molecule has 3 N–H and O–H groups in total. The Balaban J connectivity index is 1.52. The number of hydrazone groups is 1. The fraction of sp³-hybridized carbons (Fsp3) is 0.100. The lowest BCUT2D eigenvalue weighted by molar-refractivity contribution is -0.384. The molecule has 10 nitrogen and oxygen atoms in total. The van der Waals surface area contributed by atoms with Gasteiger partial charge in [0.15, 0.2) is 0 Å². The number of amides is 1. The maximum absolute atomic E-state index is 12.5. The molecule has 4 rings (SSSR count). The third-order valence-corrected chi connectivity index (χ3v) is 5.76. The monoisotopic (exact) mass is 436 g/mol. The van der Waals surface area contributed by atoms with Crippen molar-refractivity contribution >= 4 is 45.2 Å². The molecule has 3 heterocycles. The van der Waals surface area contributed by atoms with Gasteiger partial charge in [0.05, 0.1) is 27.0 Å². The number of aryl methyl sites for hydroxylation is 2. The number of furan rings is 1. The first-order chi connectivity index (χ1) is 14.8. The predicted molar refractivity (Wildman–Crippen MR) is 117 cm³/mol. The molecule has 1 aromatic carbocycles. The molecule has 0 radical (unpaired) electrons. The first kappa shape index (κ1) is 20.2. The van der Waals surface area contributed by atoms with E-state index in [1.807, 2.05) is 0 Å². The van der Waals surface area contributed by atoms with Crippen LogP contribution >= 0.6 is 11.3 Å². The van der Waals surface area contributed by atoms with Gasteiger partial charge in [-0.3, -0.25) is 14.9 Å². The number of nitrogens with one attached hydrogen (secondary N) is 1. The molecular formula is C20H16N6O4S. The van der Waals surface area contributed by atoms with Crippen LogP contribution in [0.4, 0.5) is 11.5 Å². The van der Waals surface area contributed by atoms with Crippen molar-refractivity contribution in [2.75, 3.05) is 5.73 Å². The minimum absolute atomic E-state index is 0.0475. The number of nitrogen functional groups attached to an aromatic ring is 1. The molecule has 0 unspecified atom stereocenters. The number of benzene rings is 1. The number of nitrogens with two attached hydrogens (primary N) is 1. The van der Waals surface area contributed by atoms with Crippen LogP contribution in [-0.2, 0) is 0 Å². The SMILES string of the molecule is Cc1ccc(-c2ccc(/C=N\NC(=O)c3sc4ncnc(N)c4c3C)o2)c([N+](=O)[O-])c1. The molecule has 0 saturated heterocycles. The fourth-order valence-corrected chi connectivity index (χ4v) is 4.14. The Morgan fingerprint density at radius 3 is 2.84 bits per heavy atom. The Morgan fingerprint density at radius 1 is 1.29 bits per heavy atom. The number of anilines is 1. The molecule has 0 aliphatic heterocycles. The lowest BCUT2D eigenvalue weighted by Crippen LogP contribution is -2.17. The molecule has 11 heteroatoms. The lowest BCUT2D eigenvalue weighted by Gasteiger charge is -2.01. The number of hydrogen-bond acceptors (Lipinski definition) is 9. The molecule has 0 bridgehead atoms. The molecule has 0 fully saturated rings. The van der Waals surface area contributed by atoms with Crippen molar-refractivity contribution < 1.29 is 14.1 Å². The van der Waals surface area contributed by atoms with Gasteiger partial charge in [0.2, 0.25) is 0 Å². The highest BCUT2D eigenvalue weighted by Gasteiger charge is 2.19. The van der Waals surface area contributed by atoms with Gasteiger partial charge >= 0.3 is 0 Å². The van der Waals surface area contributed by atoms with Crippen molar-refractivity contribution in [3.63, 3.8) is 0 Å². The van der Waals surface area contributed by atoms with Crippen LogP contribution in [0.2, 0.25) is 0 Å². The van der Waals surface area contributed by atoms with E-state index < -0.39 is 10.8 Å². The normalized spacial score (nSPS) is 11.3. The van der Waals surface area contributed by atoms with E-state index in [9.17, 15) is 14.9 Å². The van der Waals surface area contributed by atoms with Crippen LogP contribution in [0.3, 0.4) is 0 Å². The Kier molecular flexibility index (Phi) is 5.17. The third kappa shape index (κ3) is 3.85. The van der Waals surface area contributed by atoms with Crippen LogP contribution in [0.25, 0.3) is 21.5 Å². The molecule has 0 spiro atoms. The van der Waals surface area contributed by atoms with Gasteiger partial charge in [0.25, 0.3) is 11.6 Å². The molecule has 0 saturated carbocycles. The van der Waals surface area contributed by atoms with Crippen molar-refractivity contribution in [3.8, 4) is 11.3 Å². The van der Waals surface area contributed by atoms with E-state index in [4.69, 9.17) is 10.2 Å². The number of hydrogen-bond donors (Lipinski definition) is 2. The van der Waals surface area contributed by atoms with Crippen molar-refractivity contribution in [1.29, 1.82) is 0 Å². The molecule has 156 valence electrons. The van der Waals surface area contributed by atoms with E-state index in [0.717, 1.165) is 5.56 Å². The summed E-state index contributed by atoms with van der Waals surface area (Å²) in [6.45, 7) is 3.54. The average Bonchev–Trinajstić information content (AvgIpc) is 3.33. The number of nitrogens with zero attached hydrogens (tertiary/aromatic N) is 4. The van der Waals surface area contributed by atoms with E-state index in [2.05, 4.69) is 20.5 Å². The van der Waals surface area contributed by atoms with E-state index in [0.29, 0.717) is 43.6 Å². The van der Waals surface area contributed by atoms with Crippen molar-refractivity contribution in [3.05, 3.63) is 68.5 Å². The smallest absolute Gasteiger partial charge is 0.281 e. The predicted octanol–water partition coefficient (Wildman–Crippen LogP) is 3.82. The fourth-order valence-electron chi connectivity index (χ4n) is 3.09. The molecule has 0 aliphatic carbocycles. The second-order valence-electron chi connectivity index (χ2n) is 6.67. The minimum atomic E-state index is -0.455. The summed E-state index contributed by atoms with van der Waals surface area (Å²) in [6, 6.07) is 8.10. The standard InChI is InChI=1S/C20H16N6O4S/c1-10-3-5-13(14(7-10)26(28)29)15-6-4-12(30-15)8-24-25-19(27)17-11(2)16-18(21)22-9-23-20(16)31-17/h3-9H,1-2H3,(H,25,27)(H2,21,22,23)/b24-8-. The summed E-state index contributed by atoms with van der Waals surface area (Å²) >= 11 is 1.19. The highest BCUT2D eigenvalue weighted by Crippen LogP contribution is 2.32. The largest absolute Gasteiger partial charge is 0.455 e. The number of fused-ring (bicyclic) bond motifs is 1. The summed E-state index contributed by atoms with van der Waals surface area (Å²) in [4.78, 5) is 32.5. The van der Waals surface area contributed by atoms with Gasteiger partial charge in [-0.05, 0) is 43.2 Å². The summed E-state index contributed by atoms with van der Waals surface area (Å²) < 4.78 is 5.64. The molecule has 31 heavy (non-hydrogen) atoms. The van der Waals surface area contributed by atoms with Gasteiger partial charge < -0.3 is 10.2 Å². The number of rotatable bonds is 5. The lowest BCUT2D eigenvalue weighted by atomic mass is 10.1. The molecule has 4 aromatic rings. The Hall–Kier alpha value is -4.12. The van der Waals surface area contributed by atoms with Crippen LogP contribution in [0, 0.1) is 24.0 Å². The maximum atomic E-state index is 12.5. The number of carbonyl (C=O) groups is 1. The highest BCUT2D eigenvalue weighted by molar-refractivity contribution is 7.20. The van der Waals surface area contributed by atoms with Crippen LogP contribution in [-0.4, -0.2) is 27.0 Å². The third-order valence-electron chi connectivity index (χ3n) is 4.56. The molecular weight excluding hydrogens is 420 g/mol. The molecule has 0 atom stereocenters. The topological polar surface area (TPSA) is 150 Å². The van der Waals surface area contributed by atoms with Crippen molar-refractivity contribution in [2.24, 2.45) is 5.10 Å². The number of nitro benzene ring substituents is 1. The Morgan fingerprint density at radius 2 is 2.10 bits per heavy atom. The number of carbonyl (C=O) groups excluding carboxylic acids is 1. The Labute approximate surface area is 179 Å². The van der Waals surface area contributed by atoms with Gasteiger partial charge in [-0.2, -0.15) is 5.10 Å². The average molecular weight is 436 g/mol. The number of nitro groups is 1. The summed E-state index contributed by atoms with van der Waals surface area (Å²) in [5, 5.41) is 15.9. The van der Waals surface area contributed by atoms with Gasteiger partial charge in [0, 0.05) is 6.07 Å². The van der Waals surface area contributed by atoms with E-state index in [1.165, 1.54) is 29.9 Å². The zero-order chi connectivity index (χ0) is 22.1. The quantitative estimate of drug-likeness (QED) is 0.274. The molecule has 0 aliphatic rings. The first-order valence-electron chi connectivity index (χ1n) is 9.03. The number of thiophene rings is 1. The summed E-state index contributed by atoms with van der Waals surface area (Å²) in [7, 11) is 0. The van der Waals surface area contributed by atoms with Crippen molar-refractivity contribution in [2.45, 2.75) is 13.8 Å². The summed E-state index contributed by atoms with van der Waals surface area (Å²) in [5.74, 6) is 0.550. The Bertz CT molecular complexity index is 1360. The van der Waals surface area contributed by atoms with Crippen LogP contribution < -0.4 is 11.2 Å². The number of aromatic nitrogens is 2. The second-order valence-corrected chi connectivity index (χ2v) is 7.67. The molecule has 1 amide bonds. The minimum Gasteiger partial charge on any atom is -0.455 e. The second kappa shape index (κ2) is 7.95. The molecule has 3 aromatic heterocycles. The zero-order valence-electron chi connectivity index (χ0n) is 16.4. The van der Waals surface area contributed by atoms with Gasteiger partial charge in [0.1, 0.15) is 28.5 Å². The van der Waals surface area contributed by atoms with Crippen LogP contribution in [0.15, 0.2) is 46.2 Å². The van der Waals surface area contributed by atoms with Crippen molar-refractivity contribution in [1.82, 2.24) is 15.4 Å². The summed E-state index contributed by atoms with van der Waals surface area (Å²) in [5.41, 5.74) is 10.1.